The number of benzene rings is 4. The van der Waals surface area contributed by atoms with Gasteiger partial charge in [0.2, 0.25) is 5.12 Å². The minimum Gasteiger partial charge on any atom is -0.354 e. The predicted octanol–water partition coefficient (Wildman–Crippen LogP) is 8.68. The molecule has 0 saturated heterocycles. The van der Waals surface area contributed by atoms with Crippen LogP contribution in [0.25, 0.3) is 0 Å². The van der Waals surface area contributed by atoms with Gasteiger partial charge in [0.1, 0.15) is 25.4 Å². The Bertz CT molecular complexity index is 2170. The van der Waals surface area contributed by atoms with Gasteiger partial charge in [-0.1, -0.05) is 107 Å². The van der Waals surface area contributed by atoms with Gasteiger partial charge in [0, 0.05) is 23.6 Å². The Balaban J connectivity index is 0.000000320. The molecule has 4 rings (SSSR count). The maximum absolute atomic E-state index is 12.7. The molecular formula is C35H33Cl3N6O14S2. The molecule has 0 spiro atoms. The molecule has 0 saturated carbocycles. The van der Waals surface area contributed by atoms with E-state index in [0.717, 1.165) is 28.6 Å². The van der Waals surface area contributed by atoms with E-state index in [1.807, 2.05) is 25.1 Å². The number of rotatable bonds is 21. The van der Waals surface area contributed by atoms with Gasteiger partial charge < -0.3 is 30.0 Å². The Morgan fingerprint density at radius 1 is 0.633 bits per heavy atom. The lowest BCUT2D eigenvalue weighted by Crippen LogP contribution is -2.27. The molecule has 0 bridgehead atoms. The van der Waals surface area contributed by atoms with Crippen molar-refractivity contribution in [2.75, 3.05) is 35.4 Å². The lowest BCUT2D eigenvalue weighted by Gasteiger charge is -2.16. The minimum absolute atomic E-state index is 0.0264. The van der Waals surface area contributed by atoms with Gasteiger partial charge in [0.05, 0.1) is 37.7 Å². The molecule has 0 heterocycles. The molecule has 20 nitrogen and oxygen atoms in total. The molecule has 25 heteroatoms. The van der Waals surface area contributed by atoms with E-state index in [1.54, 1.807) is 67.6 Å². The number of carbonyl (C=O) groups excluding carboxylic acids is 2. The van der Waals surface area contributed by atoms with Crippen molar-refractivity contribution >= 4 is 91.3 Å². The summed E-state index contributed by atoms with van der Waals surface area (Å²) in [6.45, 7) is 2.36. The molecule has 4 aromatic rings. The zero-order valence-corrected chi connectivity index (χ0v) is 35.1. The first-order valence-corrected chi connectivity index (χ1v) is 20.0. The maximum Gasteiger partial charge on any atom is 0.294 e. The number of nitrogens with zero attached hydrogens (tertiary/aromatic N) is 4. The van der Waals surface area contributed by atoms with Crippen molar-refractivity contribution in [2.45, 2.75) is 32.5 Å². The number of carbonyl (C=O) groups is 2. The van der Waals surface area contributed by atoms with Crippen LogP contribution in [-0.2, 0) is 30.6 Å². The van der Waals surface area contributed by atoms with E-state index in [-0.39, 0.29) is 28.6 Å². The Morgan fingerprint density at radius 3 is 1.75 bits per heavy atom. The molecule has 0 amide bonds. The van der Waals surface area contributed by atoms with E-state index in [9.17, 15) is 50.0 Å². The van der Waals surface area contributed by atoms with Gasteiger partial charge >= 0.3 is 0 Å². The second kappa shape index (κ2) is 24.3. The van der Waals surface area contributed by atoms with Gasteiger partial charge in [-0.25, -0.2) is 0 Å². The van der Waals surface area contributed by atoms with Crippen molar-refractivity contribution in [3.8, 4) is 0 Å². The summed E-state index contributed by atoms with van der Waals surface area (Å²) in [7, 11) is 0. The van der Waals surface area contributed by atoms with Crippen molar-refractivity contribution in [3.63, 3.8) is 0 Å². The standard InChI is InChI=1S/C18H18ClN3O7S.C17H15Cl2N3O7S/c1-12-5-4-7-15(19)18(12)20-16-8-3-2-6-13(16)9-17(23)30-11-14(29-22(26)27)10-28-21(24)25;1-10-6-7-13(18)16(15(10)19)20-14-5-3-2-4-12(14)17(23)30-9-11(29-22(26)27)8-28-21(24)25/h2-8,14,20H,9-11H2,1H3;2-7,11,20H,8-9H2,1H3. The van der Waals surface area contributed by atoms with E-state index >= 15 is 0 Å². The van der Waals surface area contributed by atoms with Crippen LogP contribution < -0.4 is 10.6 Å². The number of anilines is 4. The molecule has 0 radical (unpaired) electrons. The smallest absolute Gasteiger partial charge is 0.294 e. The lowest BCUT2D eigenvalue weighted by molar-refractivity contribution is -0.788. The van der Waals surface area contributed by atoms with E-state index in [0.29, 0.717) is 49.5 Å². The maximum atomic E-state index is 12.7. The Morgan fingerprint density at radius 2 is 1.17 bits per heavy atom. The minimum atomic E-state index is -1.31. The molecule has 2 unspecified atom stereocenters. The molecule has 0 aliphatic rings. The summed E-state index contributed by atoms with van der Waals surface area (Å²) < 4.78 is 0. The molecule has 0 aliphatic carbocycles. The van der Waals surface area contributed by atoms with Gasteiger partial charge in [-0.15, -0.1) is 40.5 Å². The number of hydrogen-bond acceptors (Lipinski definition) is 18. The van der Waals surface area contributed by atoms with E-state index in [1.165, 1.54) is 0 Å². The zero-order valence-electron chi connectivity index (χ0n) is 31.2. The van der Waals surface area contributed by atoms with Gasteiger partial charge in [-0.2, -0.15) is 0 Å². The van der Waals surface area contributed by atoms with Crippen molar-refractivity contribution in [1.29, 1.82) is 0 Å². The fourth-order valence-corrected chi connectivity index (χ4v) is 7.13. The molecule has 0 aliphatic heterocycles. The van der Waals surface area contributed by atoms with Crippen LogP contribution in [0.2, 0.25) is 15.1 Å². The summed E-state index contributed by atoms with van der Waals surface area (Å²) in [5, 5.41) is 44.1. The number of thioether (sulfide) groups is 2. The number of halogens is 3. The number of hydrogen-bond donors (Lipinski definition) is 2. The van der Waals surface area contributed by atoms with Crippen molar-refractivity contribution in [3.05, 3.63) is 157 Å². The zero-order chi connectivity index (χ0) is 44.4. The third kappa shape index (κ3) is 16.4. The van der Waals surface area contributed by atoms with Gasteiger partial charge in [0.15, 0.2) is 5.12 Å². The second-order valence-corrected chi connectivity index (χ2v) is 15.1. The normalized spacial score (nSPS) is 11.4. The predicted molar refractivity (Wildman–Crippen MR) is 224 cm³/mol. The third-order valence-corrected chi connectivity index (χ3v) is 10.7. The molecule has 2 N–H and O–H groups in total. The van der Waals surface area contributed by atoms with Crippen molar-refractivity contribution in [2.24, 2.45) is 0 Å². The summed E-state index contributed by atoms with van der Waals surface area (Å²) in [5.74, 6) is -0.416. The van der Waals surface area contributed by atoms with E-state index < -0.39 is 50.9 Å². The van der Waals surface area contributed by atoms with Crippen LogP contribution in [0.15, 0.2) is 78.9 Å². The van der Waals surface area contributed by atoms with Crippen LogP contribution in [0.4, 0.5) is 22.7 Å². The number of nitrogens with one attached hydrogen (secondary N) is 2. The Kier molecular flexibility index (Phi) is 19.7. The highest BCUT2D eigenvalue weighted by atomic mass is 35.5. The molecule has 60 heavy (non-hydrogen) atoms. The van der Waals surface area contributed by atoms with Crippen LogP contribution in [0.3, 0.4) is 0 Å². The quantitative estimate of drug-likeness (QED) is 0.0584. The van der Waals surface area contributed by atoms with Gasteiger partial charge in [-0.05, 0) is 60.9 Å². The first-order chi connectivity index (χ1) is 28.4. The molecule has 320 valence electrons. The molecule has 0 fully saturated rings. The van der Waals surface area contributed by atoms with Crippen LogP contribution in [0, 0.1) is 54.3 Å². The summed E-state index contributed by atoms with van der Waals surface area (Å²) in [6.07, 6.45) is -2.53. The highest BCUT2D eigenvalue weighted by Gasteiger charge is 2.22. The molecule has 2 atom stereocenters. The Hall–Kier alpha value is -5.81. The first-order valence-electron chi connectivity index (χ1n) is 16.8. The molecule has 4 aromatic carbocycles. The van der Waals surface area contributed by atoms with Crippen molar-refractivity contribution in [1.82, 2.24) is 0 Å². The summed E-state index contributed by atoms with van der Waals surface area (Å²) in [6, 6.07) is 22.6. The van der Waals surface area contributed by atoms with Crippen LogP contribution >= 0.6 is 58.3 Å². The van der Waals surface area contributed by atoms with E-state index in [4.69, 9.17) is 34.8 Å². The summed E-state index contributed by atoms with van der Waals surface area (Å²) >= 11 is 20.2. The fourth-order valence-electron chi connectivity index (χ4n) is 4.79. The average molecular weight is 932 g/mol. The van der Waals surface area contributed by atoms with Gasteiger partial charge in [-0.3, -0.25) is 9.59 Å². The highest BCUT2D eigenvalue weighted by molar-refractivity contribution is 8.14. The van der Waals surface area contributed by atoms with Crippen LogP contribution in [0.1, 0.15) is 27.0 Å². The van der Waals surface area contributed by atoms with Crippen LogP contribution in [0.5, 0.6) is 0 Å². The highest BCUT2D eigenvalue weighted by Crippen LogP contribution is 2.37. The third-order valence-electron chi connectivity index (χ3n) is 7.56. The topological polar surface area (TPSA) is 268 Å². The lowest BCUT2D eigenvalue weighted by atomic mass is 10.1. The summed E-state index contributed by atoms with van der Waals surface area (Å²) in [5.41, 5.74) is 4.93. The number of aryl methyl sites for hydroxylation is 2. The SMILES string of the molecule is Cc1ccc(Cl)c(Nc2ccccc2C(=O)SCC(CO[N+](=O)[O-])O[N+](=O)[O-])c1Cl.Cc1cccc(Cl)c1Nc1ccccc1CC(=O)SCC(CO[N+](=O)[O-])O[N+](=O)[O-]. The largest absolute Gasteiger partial charge is 0.354 e. The number of para-hydroxylation sites is 3. The van der Waals surface area contributed by atoms with Crippen LogP contribution in [-0.4, -0.2) is 67.5 Å². The molecule has 0 aromatic heterocycles. The average Bonchev–Trinajstić information content (AvgIpc) is 3.19. The Labute approximate surface area is 363 Å². The summed E-state index contributed by atoms with van der Waals surface area (Å²) in [4.78, 5) is 83.6. The molecular weight excluding hydrogens is 899 g/mol. The fraction of sp³-hybridized carbons (Fsp3) is 0.257. The van der Waals surface area contributed by atoms with Gasteiger partial charge in [0.25, 0.3) is 20.3 Å². The van der Waals surface area contributed by atoms with E-state index in [2.05, 4.69) is 30.0 Å². The second-order valence-electron chi connectivity index (χ2n) is 11.8. The first kappa shape index (κ1) is 48.6. The van der Waals surface area contributed by atoms with Crippen molar-refractivity contribution < 1.29 is 49.3 Å². The monoisotopic (exact) mass is 930 g/mol.